The molecule has 0 aliphatic carbocycles. The number of fused-ring (bicyclic) bond motifs is 1. The Morgan fingerprint density at radius 2 is 1.46 bits per heavy atom. The molecule has 0 unspecified atom stereocenters. The van der Waals surface area contributed by atoms with Crippen LogP contribution in [0.2, 0.25) is 0 Å². The molecule has 0 fully saturated rings. The summed E-state index contributed by atoms with van der Waals surface area (Å²) in [6, 6.07) is 12.1. The van der Waals surface area contributed by atoms with Crippen molar-refractivity contribution < 1.29 is 5.11 Å². The maximum Gasteiger partial charge on any atom is 0.126 e. The van der Waals surface area contributed by atoms with E-state index in [1.807, 2.05) is 30.3 Å². The molecule has 0 saturated carbocycles. The van der Waals surface area contributed by atoms with Crippen molar-refractivity contribution in [3.63, 3.8) is 0 Å². The molecule has 0 aliphatic rings. The van der Waals surface area contributed by atoms with Gasteiger partial charge in [0.1, 0.15) is 5.75 Å². The molecule has 0 spiro atoms. The normalized spacial score (nSPS) is 12.5. The first-order valence-electron chi connectivity index (χ1n) is 9.61. The van der Waals surface area contributed by atoms with Gasteiger partial charge in [-0.2, -0.15) is 0 Å². The van der Waals surface area contributed by atoms with Crippen molar-refractivity contribution in [2.45, 2.75) is 59.8 Å². The average molecular weight is 349 g/mol. The third-order valence-corrected chi connectivity index (χ3v) is 4.78. The van der Waals surface area contributed by atoms with Crippen molar-refractivity contribution >= 4 is 10.8 Å². The third kappa shape index (κ3) is 6.22. The number of benzene rings is 2. The molecule has 0 atom stereocenters. The Balaban J connectivity index is 1.88. The van der Waals surface area contributed by atoms with Crippen LogP contribution in [0, 0.1) is 0 Å². The molecule has 2 aromatic rings. The van der Waals surface area contributed by atoms with Gasteiger partial charge in [0.15, 0.2) is 0 Å². The first kappa shape index (κ1) is 20.0. The van der Waals surface area contributed by atoms with E-state index in [0.29, 0.717) is 5.75 Å². The second-order valence-corrected chi connectivity index (χ2v) is 7.46. The zero-order valence-electron chi connectivity index (χ0n) is 16.7. The number of phenolic OH excluding ortho intramolecular Hbond substituents is 1. The highest BCUT2D eigenvalue weighted by atomic mass is 16.3. The minimum Gasteiger partial charge on any atom is -0.507 e. The quantitative estimate of drug-likeness (QED) is 0.489. The summed E-state index contributed by atoms with van der Waals surface area (Å²) >= 11 is 0. The van der Waals surface area contributed by atoms with E-state index in [9.17, 15) is 5.11 Å². The van der Waals surface area contributed by atoms with Crippen LogP contribution < -0.4 is 0 Å². The van der Waals surface area contributed by atoms with Gasteiger partial charge in [-0.3, -0.25) is 0 Å². The van der Waals surface area contributed by atoms with E-state index in [-0.39, 0.29) is 0 Å². The molecule has 1 heteroatoms. The van der Waals surface area contributed by atoms with Crippen molar-refractivity contribution in [1.82, 2.24) is 0 Å². The second-order valence-electron chi connectivity index (χ2n) is 7.46. The predicted octanol–water partition coefficient (Wildman–Crippen LogP) is 7.51. The molecule has 0 aromatic heterocycles. The lowest BCUT2D eigenvalue weighted by atomic mass is 10.0. The number of aromatic hydroxyl groups is 1. The van der Waals surface area contributed by atoms with E-state index in [1.54, 1.807) is 0 Å². The predicted molar refractivity (Wildman–Crippen MR) is 115 cm³/mol. The smallest absolute Gasteiger partial charge is 0.126 e. The summed E-state index contributed by atoms with van der Waals surface area (Å²) < 4.78 is 0. The van der Waals surface area contributed by atoms with Crippen LogP contribution in [0.15, 0.2) is 71.3 Å². The largest absolute Gasteiger partial charge is 0.507 e. The minimum atomic E-state index is 0.419. The standard InChI is InChI=1S/C25H32O/c1-19(2)9-7-10-20(3)11-8-12-21(4)15-16-23-18-17-22-13-5-6-14-24(22)25(23)26/h5-6,9,11,13-15,17-18,26H,7-8,10,12,16H2,1-4H3. The van der Waals surface area contributed by atoms with E-state index in [1.165, 1.54) is 16.7 Å². The number of rotatable bonds is 8. The Hall–Kier alpha value is -2.28. The molecular formula is C25H32O. The van der Waals surface area contributed by atoms with Gasteiger partial charge in [-0.05, 0) is 70.7 Å². The second kappa shape index (κ2) is 10.0. The highest BCUT2D eigenvalue weighted by Crippen LogP contribution is 2.29. The van der Waals surface area contributed by atoms with Gasteiger partial charge in [-0.15, -0.1) is 0 Å². The molecule has 2 aromatic carbocycles. The zero-order valence-corrected chi connectivity index (χ0v) is 16.7. The molecule has 26 heavy (non-hydrogen) atoms. The molecule has 0 saturated heterocycles. The maximum atomic E-state index is 10.5. The van der Waals surface area contributed by atoms with Crippen LogP contribution in [0.3, 0.4) is 0 Å². The van der Waals surface area contributed by atoms with Crippen LogP contribution in [-0.4, -0.2) is 5.11 Å². The van der Waals surface area contributed by atoms with Gasteiger partial charge in [0.2, 0.25) is 0 Å². The summed E-state index contributed by atoms with van der Waals surface area (Å²) in [5, 5.41) is 12.5. The van der Waals surface area contributed by atoms with Crippen molar-refractivity contribution in [3.8, 4) is 5.75 Å². The minimum absolute atomic E-state index is 0.419. The summed E-state index contributed by atoms with van der Waals surface area (Å²) in [7, 11) is 0. The van der Waals surface area contributed by atoms with Gasteiger partial charge >= 0.3 is 0 Å². The lowest BCUT2D eigenvalue weighted by Crippen LogP contribution is -1.87. The van der Waals surface area contributed by atoms with Crippen molar-refractivity contribution in [1.29, 1.82) is 0 Å². The SMILES string of the molecule is CC(C)=CCCC(C)=CCCC(C)=CCc1ccc2ccccc2c1O. The molecule has 2 rings (SSSR count). The molecule has 0 aliphatic heterocycles. The summed E-state index contributed by atoms with van der Waals surface area (Å²) in [4.78, 5) is 0. The van der Waals surface area contributed by atoms with Gasteiger partial charge in [-0.25, -0.2) is 0 Å². The van der Waals surface area contributed by atoms with Gasteiger partial charge < -0.3 is 5.11 Å². The summed E-state index contributed by atoms with van der Waals surface area (Å²) in [5.74, 6) is 0.419. The Bertz CT molecular complexity index is 817. The lowest BCUT2D eigenvalue weighted by molar-refractivity contribution is 0.476. The van der Waals surface area contributed by atoms with E-state index in [2.05, 4.69) is 52.0 Å². The highest BCUT2D eigenvalue weighted by molar-refractivity contribution is 5.89. The van der Waals surface area contributed by atoms with Gasteiger partial charge in [0, 0.05) is 5.39 Å². The van der Waals surface area contributed by atoms with E-state index in [4.69, 9.17) is 0 Å². The van der Waals surface area contributed by atoms with Crippen LogP contribution in [0.1, 0.15) is 58.9 Å². The lowest BCUT2D eigenvalue weighted by Gasteiger charge is -2.07. The van der Waals surface area contributed by atoms with Crippen LogP contribution >= 0.6 is 0 Å². The van der Waals surface area contributed by atoms with Crippen molar-refractivity contribution in [2.75, 3.05) is 0 Å². The summed E-state index contributed by atoms with van der Waals surface area (Å²) in [6.45, 7) is 8.72. The number of hydrogen-bond acceptors (Lipinski definition) is 1. The Labute approximate surface area is 158 Å². The van der Waals surface area contributed by atoms with Crippen LogP contribution in [-0.2, 0) is 6.42 Å². The molecule has 1 N–H and O–H groups in total. The van der Waals surface area contributed by atoms with E-state index in [0.717, 1.165) is 48.4 Å². The van der Waals surface area contributed by atoms with Gasteiger partial charge in [0.25, 0.3) is 0 Å². The fourth-order valence-corrected chi connectivity index (χ4v) is 3.09. The zero-order chi connectivity index (χ0) is 18.9. The van der Waals surface area contributed by atoms with Crippen LogP contribution in [0.4, 0.5) is 0 Å². The van der Waals surface area contributed by atoms with Crippen molar-refractivity contribution in [2.24, 2.45) is 0 Å². The molecule has 1 nitrogen and oxygen atoms in total. The Morgan fingerprint density at radius 1 is 0.808 bits per heavy atom. The van der Waals surface area contributed by atoms with Crippen molar-refractivity contribution in [3.05, 3.63) is 76.9 Å². The fourth-order valence-electron chi connectivity index (χ4n) is 3.09. The average Bonchev–Trinajstić information content (AvgIpc) is 2.61. The molecule has 0 radical (unpaired) electrons. The van der Waals surface area contributed by atoms with Crippen LogP contribution in [0.5, 0.6) is 5.75 Å². The molecule has 138 valence electrons. The fraction of sp³-hybridized carbons (Fsp3) is 0.360. The first-order valence-corrected chi connectivity index (χ1v) is 9.61. The summed E-state index contributed by atoms with van der Waals surface area (Å²) in [5.41, 5.74) is 5.25. The molecule has 0 bridgehead atoms. The van der Waals surface area contributed by atoms with E-state index >= 15 is 0 Å². The van der Waals surface area contributed by atoms with Crippen LogP contribution in [0.25, 0.3) is 10.8 Å². The number of phenols is 1. The topological polar surface area (TPSA) is 20.2 Å². The maximum absolute atomic E-state index is 10.5. The molecule has 0 heterocycles. The summed E-state index contributed by atoms with van der Waals surface area (Å²) in [6.07, 6.45) is 12.2. The van der Waals surface area contributed by atoms with E-state index < -0.39 is 0 Å². The molecular weight excluding hydrogens is 316 g/mol. The van der Waals surface area contributed by atoms with Gasteiger partial charge in [0.05, 0.1) is 0 Å². The number of allylic oxidation sites excluding steroid dienone is 6. The number of hydrogen-bond donors (Lipinski definition) is 1. The third-order valence-electron chi connectivity index (χ3n) is 4.78. The molecule has 0 amide bonds. The Morgan fingerprint density at radius 3 is 2.19 bits per heavy atom. The van der Waals surface area contributed by atoms with Gasteiger partial charge in [-0.1, -0.05) is 71.3 Å². The highest BCUT2D eigenvalue weighted by Gasteiger charge is 2.04. The Kier molecular flexibility index (Phi) is 7.72. The monoisotopic (exact) mass is 348 g/mol. The first-order chi connectivity index (χ1) is 12.5.